The van der Waals surface area contributed by atoms with Gasteiger partial charge in [0.25, 0.3) is 0 Å². The van der Waals surface area contributed by atoms with E-state index in [1.54, 1.807) is 6.07 Å². The van der Waals surface area contributed by atoms with Crippen molar-refractivity contribution in [3.8, 4) is 5.75 Å². The minimum atomic E-state index is -0.425. The zero-order valence-corrected chi connectivity index (χ0v) is 12.1. The Hall–Kier alpha value is -1.45. The fourth-order valence-corrected chi connectivity index (χ4v) is 2.16. The molecule has 0 heterocycles. The molecule has 1 aromatic carbocycles. The van der Waals surface area contributed by atoms with Crippen LogP contribution in [0.4, 0.5) is 15.8 Å². The summed E-state index contributed by atoms with van der Waals surface area (Å²) in [4.78, 5) is 0. The highest BCUT2D eigenvalue weighted by atomic mass is 19.1. The van der Waals surface area contributed by atoms with Crippen LogP contribution in [0.15, 0.2) is 12.1 Å². The number of methoxy groups -OCH3 is 1. The van der Waals surface area contributed by atoms with Gasteiger partial charge in [-0.1, -0.05) is 33.1 Å². The molecular weight excluding hydrogens is 243 g/mol. The smallest absolute Gasteiger partial charge is 0.167 e. The highest BCUT2D eigenvalue weighted by Crippen LogP contribution is 2.29. The number of hydrogen-bond donors (Lipinski definition) is 2. The lowest BCUT2D eigenvalue weighted by Crippen LogP contribution is -2.20. The summed E-state index contributed by atoms with van der Waals surface area (Å²) in [5.74, 6) is -0.200. The fourth-order valence-electron chi connectivity index (χ4n) is 2.16. The molecule has 0 amide bonds. The van der Waals surface area contributed by atoms with Gasteiger partial charge in [0.15, 0.2) is 11.6 Å². The van der Waals surface area contributed by atoms with Gasteiger partial charge in [0, 0.05) is 18.2 Å². The highest BCUT2D eigenvalue weighted by molar-refractivity contribution is 5.69. The molecule has 108 valence electrons. The summed E-state index contributed by atoms with van der Waals surface area (Å²) in [5.41, 5.74) is 7.04. The van der Waals surface area contributed by atoms with Gasteiger partial charge < -0.3 is 15.8 Å². The van der Waals surface area contributed by atoms with Crippen LogP contribution in [-0.2, 0) is 0 Å². The number of rotatable bonds is 8. The molecule has 1 aromatic rings. The lowest BCUT2D eigenvalue weighted by molar-refractivity contribution is 0.387. The fraction of sp³-hybridized carbons (Fsp3) is 0.600. The van der Waals surface area contributed by atoms with Gasteiger partial charge in [0.05, 0.1) is 18.5 Å². The van der Waals surface area contributed by atoms with Crippen LogP contribution in [0.25, 0.3) is 0 Å². The highest BCUT2D eigenvalue weighted by Gasteiger charge is 2.12. The average Bonchev–Trinajstić information content (AvgIpc) is 2.39. The Morgan fingerprint density at radius 3 is 2.58 bits per heavy atom. The molecule has 0 bridgehead atoms. The minimum absolute atomic E-state index is 0.224. The molecule has 0 spiro atoms. The van der Waals surface area contributed by atoms with Crippen LogP contribution in [0.5, 0.6) is 5.75 Å². The Labute approximate surface area is 115 Å². The van der Waals surface area contributed by atoms with E-state index in [2.05, 4.69) is 19.2 Å². The summed E-state index contributed by atoms with van der Waals surface area (Å²) in [6, 6.07) is 3.32. The second-order valence-corrected chi connectivity index (χ2v) is 4.85. The van der Waals surface area contributed by atoms with Gasteiger partial charge in [-0.25, -0.2) is 4.39 Å². The molecule has 19 heavy (non-hydrogen) atoms. The van der Waals surface area contributed by atoms with Gasteiger partial charge in [-0.3, -0.25) is 0 Å². The number of nitrogen functional groups attached to an aromatic ring is 1. The van der Waals surface area contributed by atoms with Crippen LogP contribution in [0.1, 0.15) is 46.0 Å². The van der Waals surface area contributed by atoms with Gasteiger partial charge in [-0.2, -0.15) is 0 Å². The minimum Gasteiger partial charge on any atom is -0.494 e. The van der Waals surface area contributed by atoms with E-state index in [0.717, 1.165) is 24.9 Å². The predicted octanol–water partition coefficient (Wildman–Crippen LogP) is 4.19. The largest absolute Gasteiger partial charge is 0.494 e. The average molecular weight is 268 g/mol. The molecule has 0 aliphatic rings. The summed E-state index contributed by atoms with van der Waals surface area (Å²) < 4.78 is 18.5. The third-order valence-corrected chi connectivity index (χ3v) is 3.23. The first-order valence-electron chi connectivity index (χ1n) is 7.01. The Morgan fingerprint density at radius 1 is 1.26 bits per heavy atom. The number of nitrogens with one attached hydrogen (secondary N) is 1. The number of unbranched alkanes of at least 4 members (excludes halogenated alkanes) is 1. The molecule has 0 fully saturated rings. The number of anilines is 2. The summed E-state index contributed by atoms with van der Waals surface area (Å²) in [5, 5.41) is 3.41. The van der Waals surface area contributed by atoms with Crippen LogP contribution < -0.4 is 15.8 Å². The monoisotopic (exact) mass is 268 g/mol. The zero-order chi connectivity index (χ0) is 14.3. The predicted molar refractivity (Wildman–Crippen MR) is 79.2 cm³/mol. The van der Waals surface area contributed by atoms with E-state index in [1.165, 1.54) is 26.0 Å². The molecule has 0 saturated carbocycles. The van der Waals surface area contributed by atoms with E-state index in [-0.39, 0.29) is 5.75 Å². The van der Waals surface area contributed by atoms with Crippen LogP contribution in [-0.4, -0.2) is 13.2 Å². The SMILES string of the molecule is CCCCC(CCC)Nc1cc(OC)c(F)cc1N. The molecule has 0 saturated heterocycles. The molecule has 0 radical (unpaired) electrons. The number of hydrogen-bond acceptors (Lipinski definition) is 3. The molecule has 4 heteroatoms. The van der Waals surface area contributed by atoms with E-state index in [9.17, 15) is 4.39 Å². The Kier molecular flexibility index (Phi) is 6.46. The molecular formula is C15H25FN2O. The maximum atomic E-state index is 13.5. The van der Waals surface area contributed by atoms with E-state index in [1.807, 2.05) is 0 Å². The number of ether oxygens (including phenoxy) is 1. The molecule has 3 nitrogen and oxygen atoms in total. The van der Waals surface area contributed by atoms with Gasteiger partial charge in [-0.15, -0.1) is 0 Å². The normalized spacial score (nSPS) is 12.2. The number of nitrogens with two attached hydrogens (primary N) is 1. The quantitative estimate of drug-likeness (QED) is 0.695. The Morgan fingerprint density at radius 2 is 2.00 bits per heavy atom. The topological polar surface area (TPSA) is 47.3 Å². The van der Waals surface area contributed by atoms with Crippen molar-refractivity contribution in [3.63, 3.8) is 0 Å². The van der Waals surface area contributed by atoms with Crippen molar-refractivity contribution in [1.82, 2.24) is 0 Å². The van der Waals surface area contributed by atoms with E-state index in [0.29, 0.717) is 11.7 Å². The summed E-state index contributed by atoms with van der Waals surface area (Å²) >= 11 is 0. The van der Waals surface area contributed by atoms with Gasteiger partial charge in [-0.05, 0) is 12.8 Å². The van der Waals surface area contributed by atoms with Crippen LogP contribution in [0.2, 0.25) is 0 Å². The van der Waals surface area contributed by atoms with Crippen molar-refractivity contribution in [3.05, 3.63) is 17.9 Å². The number of halogens is 1. The van der Waals surface area contributed by atoms with Crippen molar-refractivity contribution < 1.29 is 9.13 Å². The Balaban J connectivity index is 2.82. The van der Waals surface area contributed by atoms with Crippen LogP contribution in [0, 0.1) is 5.82 Å². The molecule has 0 aliphatic carbocycles. The molecule has 0 aromatic heterocycles. The van der Waals surface area contributed by atoms with Crippen molar-refractivity contribution in [2.24, 2.45) is 0 Å². The van der Waals surface area contributed by atoms with Crippen molar-refractivity contribution >= 4 is 11.4 Å². The first-order chi connectivity index (χ1) is 9.12. The first-order valence-corrected chi connectivity index (χ1v) is 7.01. The summed E-state index contributed by atoms with van der Waals surface area (Å²) in [6.07, 6.45) is 5.64. The van der Waals surface area contributed by atoms with E-state index in [4.69, 9.17) is 10.5 Å². The van der Waals surface area contributed by atoms with E-state index < -0.39 is 5.82 Å². The molecule has 0 aliphatic heterocycles. The van der Waals surface area contributed by atoms with Crippen molar-refractivity contribution in [1.29, 1.82) is 0 Å². The summed E-state index contributed by atoms with van der Waals surface area (Å²) in [7, 11) is 1.46. The number of benzene rings is 1. The standard InChI is InChI=1S/C15H25FN2O/c1-4-6-8-11(7-5-2)18-14-10-15(19-3)12(16)9-13(14)17/h9-11,18H,4-8,17H2,1-3H3. The molecule has 3 N–H and O–H groups in total. The molecule has 1 rings (SSSR count). The molecule has 1 unspecified atom stereocenters. The van der Waals surface area contributed by atoms with E-state index >= 15 is 0 Å². The Bertz CT molecular complexity index is 396. The second-order valence-electron chi connectivity index (χ2n) is 4.85. The maximum Gasteiger partial charge on any atom is 0.167 e. The van der Waals surface area contributed by atoms with Crippen molar-refractivity contribution in [2.75, 3.05) is 18.2 Å². The maximum absolute atomic E-state index is 13.5. The molecule has 1 atom stereocenters. The van der Waals surface area contributed by atoms with Crippen LogP contribution >= 0.6 is 0 Å². The lowest BCUT2D eigenvalue weighted by atomic mass is 10.0. The zero-order valence-electron chi connectivity index (χ0n) is 12.1. The van der Waals surface area contributed by atoms with Gasteiger partial charge >= 0.3 is 0 Å². The lowest BCUT2D eigenvalue weighted by Gasteiger charge is -2.21. The third-order valence-electron chi connectivity index (χ3n) is 3.23. The second kappa shape index (κ2) is 7.87. The first kappa shape index (κ1) is 15.6. The summed E-state index contributed by atoms with van der Waals surface area (Å²) in [6.45, 7) is 4.34. The third kappa shape index (κ3) is 4.62. The van der Waals surface area contributed by atoms with Crippen molar-refractivity contribution in [2.45, 2.75) is 52.0 Å². The van der Waals surface area contributed by atoms with Gasteiger partial charge in [0.1, 0.15) is 0 Å². The van der Waals surface area contributed by atoms with Gasteiger partial charge in [0.2, 0.25) is 0 Å². The van der Waals surface area contributed by atoms with Crippen LogP contribution in [0.3, 0.4) is 0 Å².